The van der Waals surface area contributed by atoms with Crippen molar-refractivity contribution in [2.45, 2.75) is 95.8 Å². The van der Waals surface area contributed by atoms with Crippen molar-refractivity contribution in [3.8, 4) is 0 Å². The molecule has 8 atom stereocenters. The van der Waals surface area contributed by atoms with Gasteiger partial charge in [-0.1, -0.05) is 37.6 Å². The number of aliphatic hydroxyl groups is 2. The van der Waals surface area contributed by atoms with Crippen molar-refractivity contribution in [3.63, 3.8) is 0 Å². The van der Waals surface area contributed by atoms with E-state index in [-0.39, 0.29) is 61.1 Å². The third-order valence-corrected chi connectivity index (χ3v) is 12.3. The highest BCUT2D eigenvalue weighted by atomic mass is 16.5. The van der Waals surface area contributed by atoms with Gasteiger partial charge >= 0.3 is 11.9 Å². The summed E-state index contributed by atoms with van der Waals surface area (Å²) in [6, 6.07) is 6.62. The Hall–Kier alpha value is -3.83. The first kappa shape index (κ1) is 34.0. The van der Waals surface area contributed by atoms with Crippen LogP contribution in [0.15, 0.2) is 42.1 Å². The van der Waals surface area contributed by atoms with E-state index >= 15 is 0 Å². The number of aliphatic hydroxyl groups excluding tert-OH is 1. The van der Waals surface area contributed by atoms with Crippen molar-refractivity contribution in [2.75, 3.05) is 13.7 Å². The predicted octanol–water partition coefficient (Wildman–Crippen LogP) is 3.49. The number of rotatable bonds is 10. The number of methoxy groups -OCH3 is 1. The second-order valence-electron chi connectivity index (χ2n) is 14.8. The first-order valence-corrected chi connectivity index (χ1v) is 17.1. The molecule has 1 amide bonds. The topological polar surface area (TPSA) is 172 Å². The Morgan fingerprint density at radius 1 is 1.08 bits per heavy atom. The molecule has 4 aliphatic carbocycles. The van der Waals surface area contributed by atoms with Gasteiger partial charge in [0.2, 0.25) is 11.7 Å². The average Bonchev–Trinajstić information content (AvgIpc) is 3.59. The Kier molecular flexibility index (Phi) is 9.14. The monoisotopic (exact) mass is 662 g/mol. The fourth-order valence-electron chi connectivity index (χ4n) is 9.83. The number of esters is 2. The van der Waals surface area contributed by atoms with Gasteiger partial charge in [-0.3, -0.25) is 19.2 Å². The number of hydrogen-bond acceptors (Lipinski definition) is 9. The summed E-state index contributed by atoms with van der Waals surface area (Å²) in [6.45, 7) is 3.39. The Morgan fingerprint density at radius 3 is 2.62 bits per heavy atom. The van der Waals surface area contributed by atoms with Crippen molar-refractivity contribution in [2.24, 2.45) is 28.6 Å². The van der Waals surface area contributed by atoms with Crippen LogP contribution in [0.4, 0.5) is 0 Å². The largest absolute Gasteiger partial charge is 0.467 e. The summed E-state index contributed by atoms with van der Waals surface area (Å²) in [5.74, 6) is -2.36. The Labute approximate surface area is 279 Å². The summed E-state index contributed by atoms with van der Waals surface area (Å²) < 4.78 is 10.2. The van der Waals surface area contributed by atoms with Gasteiger partial charge < -0.3 is 30.0 Å². The Balaban J connectivity index is 1.04. The zero-order valence-electron chi connectivity index (χ0n) is 27.9. The molecule has 2 aromatic rings. The third kappa shape index (κ3) is 5.78. The van der Waals surface area contributed by atoms with Crippen molar-refractivity contribution < 1.29 is 43.7 Å². The molecule has 1 heterocycles. The van der Waals surface area contributed by atoms with Crippen LogP contribution in [0.2, 0.25) is 0 Å². The molecule has 11 heteroatoms. The second-order valence-corrected chi connectivity index (χ2v) is 14.8. The van der Waals surface area contributed by atoms with Gasteiger partial charge in [0.1, 0.15) is 11.6 Å². The van der Waals surface area contributed by atoms with Gasteiger partial charge in [0.25, 0.3) is 0 Å². The highest BCUT2D eigenvalue weighted by Gasteiger charge is 2.68. The minimum atomic E-state index is -1.77. The molecular formula is C37H46N2O9. The fourth-order valence-corrected chi connectivity index (χ4v) is 9.83. The molecule has 1 aromatic carbocycles. The minimum absolute atomic E-state index is 0.00210. The van der Waals surface area contributed by atoms with Crippen LogP contribution in [0.3, 0.4) is 0 Å². The van der Waals surface area contributed by atoms with Crippen LogP contribution >= 0.6 is 0 Å². The van der Waals surface area contributed by atoms with Crippen LogP contribution < -0.4 is 5.32 Å². The van der Waals surface area contributed by atoms with Gasteiger partial charge in [0.15, 0.2) is 12.4 Å². The van der Waals surface area contributed by atoms with Crippen LogP contribution in [0.25, 0.3) is 10.9 Å². The maximum absolute atomic E-state index is 13.6. The minimum Gasteiger partial charge on any atom is -0.467 e. The number of Topliss-reactive ketones (excluding diaryl/α,β-unsaturated/α-hetero) is 1. The van der Waals surface area contributed by atoms with Gasteiger partial charge in [-0.05, 0) is 79.4 Å². The highest BCUT2D eigenvalue weighted by molar-refractivity contribution is 5.93. The van der Waals surface area contributed by atoms with Crippen LogP contribution in [0.5, 0.6) is 0 Å². The maximum Gasteiger partial charge on any atom is 0.328 e. The number of aromatic amines is 1. The van der Waals surface area contributed by atoms with Gasteiger partial charge in [-0.2, -0.15) is 0 Å². The lowest BCUT2D eigenvalue weighted by Gasteiger charge is -2.60. The van der Waals surface area contributed by atoms with Crippen LogP contribution in [-0.4, -0.2) is 76.1 Å². The molecule has 3 fully saturated rings. The number of ketones is 2. The molecule has 0 radical (unpaired) electrons. The lowest BCUT2D eigenvalue weighted by atomic mass is 9.45. The molecule has 4 N–H and O–H groups in total. The van der Waals surface area contributed by atoms with Crippen molar-refractivity contribution in [3.05, 3.63) is 47.7 Å². The summed E-state index contributed by atoms with van der Waals surface area (Å²) in [7, 11) is 1.24. The van der Waals surface area contributed by atoms with Gasteiger partial charge in [-0.25, -0.2) is 4.79 Å². The molecule has 3 saturated carbocycles. The Morgan fingerprint density at radius 2 is 1.85 bits per heavy atom. The summed E-state index contributed by atoms with van der Waals surface area (Å²) in [5, 5.41) is 27.1. The van der Waals surface area contributed by atoms with Crippen molar-refractivity contribution in [1.82, 2.24) is 10.3 Å². The van der Waals surface area contributed by atoms with E-state index in [4.69, 9.17) is 9.47 Å². The molecule has 258 valence electrons. The Bertz CT molecular complexity index is 1660. The summed E-state index contributed by atoms with van der Waals surface area (Å²) in [6.07, 6.45) is 6.19. The number of amides is 1. The first-order chi connectivity index (χ1) is 22.8. The molecule has 0 aliphatic heterocycles. The SMILES string of the molecule is COC(=O)[C@@H](Cc1c[nH]c2ccccc12)NC(=O)CCC(=O)OCC(=O)[C@@]1(O)CC[C@H]2[C@@H]3CCC4=CC(=O)CC[C@]4(C)[C@H]3[C@H](O)C[C@@]21C. The summed E-state index contributed by atoms with van der Waals surface area (Å²) >= 11 is 0. The van der Waals surface area contributed by atoms with Gasteiger partial charge in [-0.15, -0.1) is 0 Å². The maximum atomic E-state index is 13.6. The summed E-state index contributed by atoms with van der Waals surface area (Å²) in [5.41, 5.74) is -0.109. The van der Waals surface area contributed by atoms with E-state index in [1.807, 2.05) is 31.2 Å². The zero-order chi connectivity index (χ0) is 34.4. The normalized spacial score (nSPS) is 33.1. The molecule has 0 unspecified atom stereocenters. The number of hydrogen-bond donors (Lipinski definition) is 4. The summed E-state index contributed by atoms with van der Waals surface area (Å²) in [4.78, 5) is 66.7. The third-order valence-electron chi connectivity index (χ3n) is 12.3. The number of fused-ring (bicyclic) bond motifs is 6. The van der Waals surface area contributed by atoms with Crippen molar-refractivity contribution >= 4 is 40.3 Å². The average molecular weight is 663 g/mol. The van der Waals surface area contributed by atoms with Crippen LogP contribution in [0, 0.1) is 28.6 Å². The van der Waals surface area contributed by atoms with E-state index in [9.17, 15) is 34.2 Å². The van der Waals surface area contributed by atoms with E-state index in [0.717, 1.165) is 34.9 Å². The molecule has 0 bridgehead atoms. The van der Waals surface area contributed by atoms with Gasteiger partial charge in [0.05, 0.1) is 19.6 Å². The number of para-hydroxylation sites is 1. The van der Waals surface area contributed by atoms with Gasteiger partial charge in [0, 0.05) is 41.8 Å². The highest BCUT2D eigenvalue weighted by Crippen LogP contribution is 2.67. The first-order valence-electron chi connectivity index (χ1n) is 17.1. The van der Waals surface area contributed by atoms with E-state index in [1.54, 1.807) is 12.3 Å². The standard InChI is InChI=1S/C37H46N2O9/c1-35-14-12-23(40)17-22(35)8-9-25-26-13-15-37(46,36(26,2)18-29(41)33(25)35)30(42)20-48-32(44)11-10-31(43)39-28(34(45)47-3)16-21-19-38-27-7-5-4-6-24(21)27/h4-7,17,19,25-26,28-29,33,38,41,46H,8-16,18,20H2,1-3H3,(H,39,43)/t25-,26-,28+,29+,33+,35-,36-,37-/m0/s1. The zero-order valence-corrected chi connectivity index (χ0v) is 27.9. The van der Waals surface area contributed by atoms with Crippen molar-refractivity contribution in [1.29, 1.82) is 0 Å². The molecule has 11 nitrogen and oxygen atoms in total. The number of aromatic nitrogens is 1. The second kappa shape index (κ2) is 12.9. The van der Waals surface area contributed by atoms with E-state index < -0.39 is 53.4 Å². The number of benzene rings is 1. The number of H-pyrrole nitrogens is 1. The quantitative estimate of drug-likeness (QED) is 0.278. The van der Waals surface area contributed by atoms with Crippen LogP contribution in [0.1, 0.15) is 77.2 Å². The fraction of sp³-hybridized carbons (Fsp3) is 0.595. The van der Waals surface area contributed by atoms with Crippen LogP contribution in [-0.2, 0) is 39.9 Å². The van der Waals surface area contributed by atoms with E-state index in [2.05, 4.69) is 17.2 Å². The lowest BCUT2D eigenvalue weighted by molar-refractivity contribution is -0.184. The number of carbonyl (C=O) groups is 5. The number of nitrogens with one attached hydrogen (secondary N) is 2. The number of carbonyl (C=O) groups excluding carboxylic acids is 5. The molecule has 48 heavy (non-hydrogen) atoms. The molecular weight excluding hydrogens is 616 g/mol. The number of ether oxygens (including phenoxy) is 2. The van der Waals surface area contributed by atoms with E-state index in [1.165, 1.54) is 7.11 Å². The molecule has 1 aromatic heterocycles. The smallest absolute Gasteiger partial charge is 0.328 e. The predicted molar refractivity (Wildman–Crippen MR) is 174 cm³/mol. The molecule has 6 rings (SSSR count). The molecule has 0 spiro atoms. The van der Waals surface area contributed by atoms with E-state index in [0.29, 0.717) is 19.3 Å². The molecule has 0 saturated heterocycles. The molecule has 4 aliphatic rings. The number of allylic oxidation sites excluding steroid dienone is 1. The lowest BCUT2D eigenvalue weighted by Crippen LogP contribution is -2.62.